The maximum atomic E-state index is 12.3. The van der Waals surface area contributed by atoms with Gasteiger partial charge in [0.1, 0.15) is 12.2 Å². The smallest absolute Gasteiger partial charge is 0.407 e. The first kappa shape index (κ1) is 30.7. The molecule has 210 valence electrons. The van der Waals surface area contributed by atoms with Gasteiger partial charge < -0.3 is 20.1 Å². The van der Waals surface area contributed by atoms with Gasteiger partial charge in [0.05, 0.1) is 0 Å². The lowest BCUT2D eigenvalue weighted by molar-refractivity contribution is -0.0687. The van der Waals surface area contributed by atoms with Crippen LogP contribution in [0, 0.1) is 0 Å². The highest BCUT2D eigenvalue weighted by atomic mass is 16.6. The molecule has 0 saturated carbocycles. The van der Waals surface area contributed by atoms with Gasteiger partial charge in [0.25, 0.3) is 0 Å². The molecule has 2 fully saturated rings. The molecule has 0 atom stereocenters. The van der Waals surface area contributed by atoms with Crippen molar-refractivity contribution in [2.45, 2.75) is 141 Å². The minimum absolute atomic E-state index is 0.00650. The van der Waals surface area contributed by atoms with Crippen molar-refractivity contribution in [1.82, 2.24) is 20.4 Å². The number of nitrogens with zero attached hydrogens (tertiary/aromatic N) is 2. The van der Waals surface area contributed by atoms with Crippen LogP contribution >= 0.6 is 0 Å². The summed E-state index contributed by atoms with van der Waals surface area (Å²) in [6.45, 7) is 18.8. The van der Waals surface area contributed by atoms with Crippen molar-refractivity contribution in [3.05, 3.63) is 0 Å². The Labute approximate surface area is 220 Å². The molecule has 2 aliphatic rings. The normalized spacial score (nSPS) is 24.2. The van der Waals surface area contributed by atoms with Crippen LogP contribution in [-0.2, 0) is 9.47 Å². The first-order valence-corrected chi connectivity index (χ1v) is 13.8. The Morgan fingerprint density at radius 2 is 0.889 bits per heavy atom. The van der Waals surface area contributed by atoms with Crippen LogP contribution in [0.5, 0.6) is 0 Å². The van der Waals surface area contributed by atoms with Gasteiger partial charge in [-0.3, -0.25) is 9.80 Å². The van der Waals surface area contributed by atoms with E-state index < -0.39 is 0 Å². The van der Waals surface area contributed by atoms with Gasteiger partial charge in [0, 0.05) is 60.9 Å². The van der Waals surface area contributed by atoms with Gasteiger partial charge in [-0.1, -0.05) is 12.8 Å². The van der Waals surface area contributed by atoms with E-state index in [9.17, 15) is 9.59 Å². The molecule has 0 spiro atoms. The minimum atomic E-state index is -0.319. The van der Waals surface area contributed by atoms with Crippen LogP contribution in [0.4, 0.5) is 9.59 Å². The lowest BCUT2D eigenvalue weighted by Crippen LogP contribution is -2.60. The molecule has 2 saturated heterocycles. The second-order valence-electron chi connectivity index (χ2n) is 13.5. The molecule has 8 nitrogen and oxygen atoms in total. The number of unbranched alkanes of at least 4 members (excludes halogenated alkanes) is 3. The average molecular weight is 511 g/mol. The number of ether oxygens (including phenoxy) is 2. The summed E-state index contributed by atoms with van der Waals surface area (Å²) in [5.74, 6) is 0. The predicted octanol–water partition coefficient (Wildman–Crippen LogP) is 5.30. The summed E-state index contributed by atoms with van der Waals surface area (Å²) in [7, 11) is 4.29. The molecule has 0 bridgehead atoms. The Kier molecular flexibility index (Phi) is 10.1. The van der Waals surface area contributed by atoms with Gasteiger partial charge in [-0.25, -0.2) is 9.59 Å². The van der Waals surface area contributed by atoms with Gasteiger partial charge in [-0.15, -0.1) is 0 Å². The number of carbonyl (C=O) groups is 2. The van der Waals surface area contributed by atoms with Crippen molar-refractivity contribution in [2.24, 2.45) is 0 Å². The Morgan fingerprint density at radius 1 is 0.611 bits per heavy atom. The summed E-state index contributed by atoms with van der Waals surface area (Å²) >= 11 is 0. The van der Waals surface area contributed by atoms with Crippen molar-refractivity contribution in [3.63, 3.8) is 0 Å². The number of alkyl carbamates (subject to hydrolysis) is 2. The molecule has 0 unspecified atom stereocenters. The van der Waals surface area contributed by atoms with E-state index in [1.807, 2.05) is 0 Å². The molecule has 0 aromatic heterocycles. The molecule has 0 radical (unpaired) electrons. The maximum Gasteiger partial charge on any atom is 0.407 e. The maximum absolute atomic E-state index is 12.3. The molecule has 2 N–H and O–H groups in total. The van der Waals surface area contributed by atoms with Gasteiger partial charge in [0.2, 0.25) is 0 Å². The van der Waals surface area contributed by atoms with Crippen LogP contribution in [0.25, 0.3) is 0 Å². The van der Waals surface area contributed by atoms with Gasteiger partial charge in [0.15, 0.2) is 0 Å². The number of amides is 2. The zero-order valence-electron chi connectivity index (χ0n) is 24.8. The van der Waals surface area contributed by atoms with Crippen molar-refractivity contribution in [3.8, 4) is 0 Å². The van der Waals surface area contributed by atoms with Crippen molar-refractivity contribution in [1.29, 1.82) is 0 Å². The molecule has 0 aliphatic carbocycles. The fourth-order valence-corrected chi connectivity index (χ4v) is 6.10. The fraction of sp³-hybridized carbons (Fsp3) is 0.929. The summed E-state index contributed by atoms with van der Waals surface area (Å²) in [5.41, 5.74) is -0.0260. The quantitative estimate of drug-likeness (QED) is 0.410. The highest BCUT2D eigenvalue weighted by molar-refractivity contribution is 5.67. The highest BCUT2D eigenvalue weighted by Crippen LogP contribution is 2.39. The first-order chi connectivity index (χ1) is 16.5. The highest BCUT2D eigenvalue weighted by Gasteiger charge is 2.45. The molecule has 36 heavy (non-hydrogen) atoms. The standard InChI is InChI=1S/C28H54N4O4/c1-25(2)17-21(18-26(3,4)31(25)9)35-23(33)29-15-13-11-12-14-16-30-24(34)36-22-19-27(5,6)32(10)28(7,8)20-22/h21-22H,11-20H2,1-10H3,(H,29,33)(H,30,34). The molecule has 8 heteroatoms. The van der Waals surface area contributed by atoms with E-state index in [2.05, 4.69) is 89.9 Å². The molecule has 0 aromatic carbocycles. The number of likely N-dealkylation sites (tertiary alicyclic amines) is 2. The Bertz CT molecular complexity index is 652. The zero-order chi connectivity index (χ0) is 27.4. The largest absolute Gasteiger partial charge is 0.446 e. The molecule has 2 rings (SSSR count). The summed E-state index contributed by atoms with van der Waals surface area (Å²) in [6, 6.07) is 0. The summed E-state index contributed by atoms with van der Waals surface area (Å²) in [4.78, 5) is 29.3. The number of hydrogen-bond acceptors (Lipinski definition) is 6. The van der Waals surface area contributed by atoms with Crippen LogP contribution in [0.1, 0.15) is 107 Å². The first-order valence-electron chi connectivity index (χ1n) is 13.8. The van der Waals surface area contributed by atoms with E-state index in [1.165, 1.54) is 0 Å². The number of carbonyl (C=O) groups excluding carboxylic acids is 2. The number of rotatable bonds is 9. The van der Waals surface area contributed by atoms with Crippen molar-refractivity contribution < 1.29 is 19.1 Å². The number of hydrogen-bond donors (Lipinski definition) is 2. The minimum Gasteiger partial charge on any atom is -0.446 e. The Morgan fingerprint density at radius 3 is 1.17 bits per heavy atom. The SMILES string of the molecule is CN1C(C)(C)CC(OC(=O)NCCCCCCNC(=O)OC2CC(C)(C)N(C)C(C)(C)C2)CC1(C)C. The molecular weight excluding hydrogens is 456 g/mol. The van der Waals surface area contributed by atoms with Gasteiger partial charge in [-0.05, 0) is 82.3 Å². The molecule has 2 aliphatic heterocycles. The number of piperidine rings is 2. The van der Waals surface area contributed by atoms with Crippen molar-refractivity contribution in [2.75, 3.05) is 27.2 Å². The third-order valence-electron chi connectivity index (χ3n) is 8.73. The van der Waals surface area contributed by atoms with Crippen LogP contribution in [0.3, 0.4) is 0 Å². The molecule has 2 heterocycles. The van der Waals surface area contributed by atoms with E-state index in [-0.39, 0.29) is 46.6 Å². The average Bonchev–Trinajstić information content (AvgIpc) is 2.71. The fourth-order valence-electron chi connectivity index (χ4n) is 6.10. The van der Waals surface area contributed by atoms with Gasteiger partial charge in [-0.2, -0.15) is 0 Å². The van der Waals surface area contributed by atoms with Crippen LogP contribution in [0.15, 0.2) is 0 Å². The van der Waals surface area contributed by atoms with E-state index in [0.717, 1.165) is 51.4 Å². The zero-order valence-corrected chi connectivity index (χ0v) is 24.8. The summed E-state index contributed by atoms with van der Waals surface area (Å²) in [6.07, 6.45) is 6.34. The van der Waals surface area contributed by atoms with Crippen LogP contribution in [0.2, 0.25) is 0 Å². The molecule has 2 amide bonds. The topological polar surface area (TPSA) is 83.1 Å². The van der Waals surface area contributed by atoms with Crippen molar-refractivity contribution >= 4 is 12.2 Å². The second-order valence-corrected chi connectivity index (χ2v) is 13.5. The van der Waals surface area contributed by atoms with E-state index >= 15 is 0 Å². The third kappa shape index (κ3) is 8.51. The predicted molar refractivity (Wildman–Crippen MR) is 145 cm³/mol. The van der Waals surface area contributed by atoms with Crippen LogP contribution < -0.4 is 10.6 Å². The van der Waals surface area contributed by atoms with Gasteiger partial charge >= 0.3 is 12.2 Å². The third-order valence-corrected chi connectivity index (χ3v) is 8.73. The number of nitrogens with one attached hydrogen (secondary N) is 2. The van der Waals surface area contributed by atoms with E-state index in [0.29, 0.717) is 13.1 Å². The lowest BCUT2D eigenvalue weighted by atomic mass is 9.79. The Hall–Kier alpha value is -1.54. The van der Waals surface area contributed by atoms with E-state index in [1.54, 1.807) is 0 Å². The monoisotopic (exact) mass is 510 g/mol. The summed E-state index contributed by atoms with van der Waals surface area (Å²) < 4.78 is 11.5. The molecular formula is C28H54N4O4. The summed E-state index contributed by atoms with van der Waals surface area (Å²) in [5, 5.41) is 5.80. The lowest BCUT2D eigenvalue weighted by Gasteiger charge is -2.53. The second kappa shape index (κ2) is 11.9. The van der Waals surface area contributed by atoms with E-state index in [4.69, 9.17) is 9.47 Å². The van der Waals surface area contributed by atoms with Crippen LogP contribution in [-0.4, -0.2) is 83.5 Å². The molecule has 0 aromatic rings. The Balaban J connectivity index is 1.54.